The Labute approximate surface area is 122 Å². The Balaban J connectivity index is 2.22. The quantitative estimate of drug-likeness (QED) is 0.831. The largest absolute Gasteiger partial charge is 0.477 e. The Kier molecular flexibility index (Phi) is 4.39. The number of hydrogen-bond donors (Lipinski definition) is 2. The number of hydrogen-bond acceptors (Lipinski definition) is 4. The lowest BCUT2D eigenvalue weighted by Crippen LogP contribution is -2.22. The molecule has 112 valence electrons. The summed E-state index contributed by atoms with van der Waals surface area (Å²) in [4.78, 5) is 14.8. The van der Waals surface area contributed by atoms with E-state index in [0.29, 0.717) is 6.54 Å². The molecule has 0 saturated carbocycles. The molecule has 0 amide bonds. The molecule has 0 spiro atoms. The fourth-order valence-corrected chi connectivity index (χ4v) is 2.89. The SMILES string of the molecule is CCn1cc(S(=O)(=O)NCc2ccncc2)cc1C(=O)O. The van der Waals surface area contributed by atoms with Gasteiger partial charge in [-0.3, -0.25) is 4.98 Å². The third-order valence-corrected chi connectivity index (χ3v) is 4.33. The van der Waals surface area contributed by atoms with Gasteiger partial charge in [-0.25, -0.2) is 17.9 Å². The maximum Gasteiger partial charge on any atom is 0.352 e. The van der Waals surface area contributed by atoms with Gasteiger partial charge in [0.2, 0.25) is 10.0 Å². The van der Waals surface area contributed by atoms with Crippen LogP contribution in [0.15, 0.2) is 41.7 Å². The van der Waals surface area contributed by atoms with Crippen molar-refractivity contribution in [3.63, 3.8) is 0 Å². The zero-order valence-corrected chi connectivity index (χ0v) is 12.2. The number of sulfonamides is 1. The molecule has 2 aromatic rings. The summed E-state index contributed by atoms with van der Waals surface area (Å²) < 4.78 is 28.2. The summed E-state index contributed by atoms with van der Waals surface area (Å²) in [6.45, 7) is 2.24. The number of aromatic carboxylic acids is 1. The first kappa shape index (κ1) is 15.2. The lowest BCUT2D eigenvalue weighted by molar-refractivity contribution is 0.0685. The van der Waals surface area contributed by atoms with Crippen molar-refractivity contribution in [2.45, 2.75) is 24.9 Å². The normalized spacial score (nSPS) is 11.5. The molecule has 8 heteroatoms. The molecule has 0 radical (unpaired) electrons. The van der Waals surface area contributed by atoms with Crippen LogP contribution in [0, 0.1) is 0 Å². The van der Waals surface area contributed by atoms with Crippen molar-refractivity contribution < 1.29 is 18.3 Å². The zero-order chi connectivity index (χ0) is 15.5. The third-order valence-electron chi connectivity index (χ3n) is 2.96. The minimum atomic E-state index is -3.76. The number of carboxylic acids is 1. The van der Waals surface area contributed by atoms with Crippen LogP contribution in [0.4, 0.5) is 0 Å². The number of pyridine rings is 1. The van der Waals surface area contributed by atoms with E-state index in [1.54, 1.807) is 31.5 Å². The number of aromatic nitrogens is 2. The maximum absolute atomic E-state index is 12.2. The minimum Gasteiger partial charge on any atom is -0.477 e. The van der Waals surface area contributed by atoms with Gasteiger partial charge in [0.1, 0.15) is 10.6 Å². The van der Waals surface area contributed by atoms with Gasteiger partial charge < -0.3 is 9.67 Å². The van der Waals surface area contributed by atoms with Gasteiger partial charge in [-0.05, 0) is 30.7 Å². The van der Waals surface area contributed by atoms with Crippen molar-refractivity contribution in [3.8, 4) is 0 Å². The van der Waals surface area contributed by atoms with E-state index in [1.165, 1.54) is 10.8 Å². The lowest BCUT2D eigenvalue weighted by Gasteiger charge is -2.04. The average molecular weight is 309 g/mol. The molecule has 0 aliphatic heterocycles. The topological polar surface area (TPSA) is 101 Å². The number of carbonyl (C=O) groups is 1. The van der Waals surface area contributed by atoms with Crippen molar-refractivity contribution >= 4 is 16.0 Å². The van der Waals surface area contributed by atoms with Crippen LogP contribution < -0.4 is 4.72 Å². The van der Waals surface area contributed by atoms with Crippen molar-refractivity contribution in [2.24, 2.45) is 0 Å². The van der Waals surface area contributed by atoms with Crippen molar-refractivity contribution in [2.75, 3.05) is 0 Å². The summed E-state index contributed by atoms with van der Waals surface area (Å²) in [5.41, 5.74) is 0.712. The number of nitrogens with one attached hydrogen (secondary N) is 1. The van der Waals surface area contributed by atoms with E-state index >= 15 is 0 Å². The Morgan fingerprint density at radius 2 is 2.05 bits per heavy atom. The average Bonchev–Trinajstić information content (AvgIpc) is 2.92. The fourth-order valence-electron chi connectivity index (χ4n) is 1.83. The van der Waals surface area contributed by atoms with E-state index < -0.39 is 16.0 Å². The molecular weight excluding hydrogens is 294 g/mol. The number of rotatable bonds is 6. The summed E-state index contributed by atoms with van der Waals surface area (Å²) in [5, 5.41) is 9.04. The fraction of sp³-hybridized carbons (Fsp3) is 0.231. The molecule has 21 heavy (non-hydrogen) atoms. The van der Waals surface area contributed by atoms with Crippen LogP contribution >= 0.6 is 0 Å². The molecule has 0 aliphatic carbocycles. The second-order valence-electron chi connectivity index (χ2n) is 4.33. The highest BCUT2D eigenvalue weighted by atomic mass is 32.2. The van der Waals surface area contributed by atoms with Gasteiger partial charge in [-0.15, -0.1) is 0 Å². The van der Waals surface area contributed by atoms with Crippen LogP contribution in [0.1, 0.15) is 23.0 Å². The Morgan fingerprint density at radius 3 is 2.57 bits per heavy atom. The molecule has 0 saturated heterocycles. The molecule has 2 rings (SSSR count). The molecule has 0 unspecified atom stereocenters. The van der Waals surface area contributed by atoms with E-state index in [2.05, 4.69) is 9.71 Å². The second kappa shape index (κ2) is 6.06. The number of nitrogens with zero attached hydrogens (tertiary/aromatic N) is 2. The smallest absolute Gasteiger partial charge is 0.352 e. The standard InChI is InChI=1S/C13H15N3O4S/c1-2-16-9-11(7-12(16)13(17)18)21(19,20)15-8-10-3-5-14-6-4-10/h3-7,9,15H,2,8H2,1H3,(H,17,18). The first-order chi connectivity index (χ1) is 9.94. The highest BCUT2D eigenvalue weighted by Gasteiger charge is 2.20. The second-order valence-corrected chi connectivity index (χ2v) is 6.10. The van der Waals surface area contributed by atoms with E-state index in [-0.39, 0.29) is 17.1 Å². The molecular formula is C13H15N3O4S. The van der Waals surface area contributed by atoms with Crippen LogP contribution in [0.2, 0.25) is 0 Å². The zero-order valence-electron chi connectivity index (χ0n) is 11.4. The van der Waals surface area contributed by atoms with Crippen LogP contribution in [0.3, 0.4) is 0 Å². The molecule has 0 bridgehead atoms. The third kappa shape index (κ3) is 3.47. The first-order valence-corrected chi connectivity index (χ1v) is 7.74. The summed E-state index contributed by atoms with van der Waals surface area (Å²) in [5.74, 6) is -1.16. The van der Waals surface area contributed by atoms with Gasteiger partial charge in [-0.1, -0.05) is 0 Å². The van der Waals surface area contributed by atoms with Gasteiger partial charge in [0.15, 0.2) is 0 Å². The molecule has 2 N–H and O–H groups in total. The Morgan fingerprint density at radius 1 is 1.38 bits per heavy atom. The summed E-state index contributed by atoms with van der Waals surface area (Å²) in [7, 11) is -3.76. The van der Waals surface area contributed by atoms with Crippen molar-refractivity contribution in [1.29, 1.82) is 0 Å². The summed E-state index contributed by atoms with van der Waals surface area (Å²) >= 11 is 0. The van der Waals surface area contributed by atoms with Gasteiger partial charge >= 0.3 is 5.97 Å². The van der Waals surface area contributed by atoms with Crippen molar-refractivity contribution in [3.05, 3.63) is 48.0 Å². The molecule has 0 aromatic carbocycles. The number of aryl methyl sites for hydroxylation is 1. The van der Waals surface area contributed by atoms with Crippen LogP contribution in [-0.2, 0) is 23.1 Å². The van der Waals surface area contributed by atoms with Gasteiger partial charge in [0.05, 0.1) is 0 Å². The lowest BCUT2D eigenvalue weighted by atomic mass is 10.3. The van der Waals surface area contributed by atoms with Crippen LogP contribution in [0.25, 0.3) is 0 Å². The molecule has 0 aliphatic rings. The van der Waals surface area contributed by atoms with Crippen LogP contribution in [-0.4, -0.2) is 29.0 Å². The highest BCUT2D eigenvalue weighted by Crippen LogP contribution is 2.15. The molecule has 0 fully saturated rings. The Hall–Kier alpha value is -2.19. The monoisotopic (exact) mass is 309 g/mol. The van der Waals surface area contributed by atoms with Gasteiger partial charge in [-0.2, -0.15) is 0 Å². The minimum absolute atomic E-state index is 0.0539. The van der Waals surface area contributed by atoms with Gasteiger partial charge in [0, 0.05) is 31.7 Å². The van der Waals surface area contributed by atoms with E-state index in [1.807, 2.05) is 0 Å². The molecule has 2 heterocycles. The van der Waals surface area contributed by atoms with E-state index in [4.69, 9.17) is 5.11 Å². The molecule has 0 atom stereocenters. The van der Waals surface area contributed by atoms with E-state index in [0.717, 1.165) is 11.6 Å². The van der Waals surface area contributed by atoms with E-state index in [9.17, 15) is 13.2 Å². The summed E-state index contributed by atoms with van der Waals surface area (Å²) in [6, 6.07) is 4.55. The highest BCUT2D eigenvalue weighted by molar-refractivity contribution is 7.89. The van der Waals surface area contributed by atoms with Crippen LogP contribution in [0.5, 0.6) is 0 Å². The van der Waals surface area contributed by atoms with Crippen molar-refractivity contribution in [1.82, 2.24) is 14.3 Å². The molecule has 2 aromatic heterocycles. The maximum atomic E-state index is 12.2. The number of carboxylic acid groups (broad SMARTS) is 1. The predicted molar refractivity (Wildman–Crippen MR) is 75.3 cm³/mol. The summed E-state index contributed by atoms with van der Waals surface area (Å²) in [6.07, 6.45) is 4.46. The Bertz CT molecular complexity index is 738. The predicted octanol–water partition coefficient (Wildman–Crippen LogP) is 1.08. The molecule has 7 nitrogen and oxygen atoms in total. The van der Waals surface area contributed by atoms with Gasteiger partial charge in [0.25, 0.3) is 0 Å². The first-order valence-electron chi connectivity index (χ1n) is 6.26.